The number of amides is 1. The van der Waals surface area contributed by atoms with E-state index in [-0.39, 0.29) is 13.2 Å². The minimum absolute atomic E-state index is 0.129. The highest BCUT2D eigenvalue weighted by molar-refractivity contribution is 6.31. The molecule has 0 aliphatic heterocycles. The number of aryl methyl sites for hydroxylation is 1. The van der Waals surface area contributed by atoms with Crippen LogP contribution in [0.25, 0.3) is 0 Å². The molecule has 134 valence electrons. The topological polar surface area (TPSA) is 79.2 Å². The number of benzene rings is 2. The highest BCUT2D eigenvalue weighted by Gasteiger charge is 2.26. The number of Topliss-reactive ketones (excluding diaryl/α,β-unsaturated/α-hetero) is 1. The van der Waals surface area contributed by atoms with E-state index >= 15 is 0 Å². The third-order valence-electron chi connectivity index (χ3n) is 3.80. The van der Waals surface area contributed by atoms with Gasteiger partial charge in [-0.15, -0.1) is 0 Å². The van der Waals surface area contributed by atoms with Gasteiger partial charge in [-0.1, -0.05) is 48.9 Å². The van der Waals surface area contributed by atoms with Crippen molar-refractivity contribution >= 4 is 29.0 Å². The number of nitrogens with one attached hydrogen (secondary N) is 1. The van der Waals surface area contributed by atoms with E-state index in [1.165, 1.54) is 0 Å². The number of nitrogens with zero attached hydrogens (tertiary/aromatic N) is 1. The number of halogens is 1. The second-order valence-corrected chi connectivity index (χ2v) is 6.06. The van der Waals surface area contributed by atoms with Crippen LogP contribution in [0.15, 0.2) is 48.5 Å². The minimum Gasteiger partial charge on any atom is -0.369 e. The molecule has 0 spiro atoms. The Bertz CT molecular complexity index is 813. The van der Waals surface area contributed by atoms with Crippen LogP contribution in [-0.2, 0) is 27.4 Å². The molecule has 0 fully saturated rings. The van der Waals surface area contributed by atoms with Crippen LogP contribution in [0.3, 0.4) is 0 Å². The molecule has 0 radical (unpaired) electrons. The molecule has 0 aliphatic rings. The molecule has 1 atom stereocenters. The lowest BCUT2D eigenvalue weighted by Gasteiger charge is -2.11. The Morgan fingerprint density at radius 3 is 2.50 bits per heavy atom. The summed E-state index contributed by atoms with van der Waals surface area (Å²) in [5.74, 6) is -2.68. The van der Waals surface area contributed by atoms with Gasteiger partial charge in [0.05, 0.1) is 12.7 Å². The summed E-state index contributed by atoms with van der Waals surface area (Å²) in [4.78, 5) is 24.3. The molecule has 2 aromatic rings. The third-order valence-corrected chi connectivity index (χ3v) is 4.17. The Balaban J connectivity index is 1.89. The van der Waals surface area contributed by atoms with Crippen molar-refractivity contribution in [2.45, 2.75) is 20.0 Å². The van der Waals surface area contributed by atoms with E-state index in [2.05, 4.69) is 5.32 Å². The van der Waals surface area contributed by atoms with Crippen LogP contribution < -0.4 is 5.32 Å². The monoisotopic (exact) mass is 370 g/mol. The molecule has 0 aliphatic carbocycles. The van der Waals surface area contributed by atoms with Gasteiger partial charge in [0.15, 0.2) is 11.7 Å². The zero-order valence-corrected chi connectivity index (χ0v) is 15.1. The van der Waals surface area contributed by atoms with E-state index in [9.17, 15) is 14.9 Å². The number of carbonyl (C=O) groups is 2. The SMILES string of the molecule is CCc1ccc(NC(=O)C(C#N)C(=O)COCc2ccccc2Cl)cc1. The fourth-order valence-electron chi connectivity index (χ4n) is 2.28. The molecule has 0 aromatic heterocycles. The summed E-state index contributed by atoms with van der Waals surface area (Å²) < 4.78 is 5.31. The predicted molar refractivity (Wildman–Crippen MR) is 99.7 cm³/mol. The fourth-order valence-corrected chi connectivity index (χ4v) is 2.47. The van der Waals surface area contributed by atoms with Crippen LogP contribution in [0.2, 0.25) is 5.02 Å². The highest BCUT2D eigenvalue weighted by atomic mass is 35.5. The van der Waals surface area contributed by atoms with Crippen molar-refractivity contribution in [2.24, 2.45) is 5.92 Å². The van der Waals surface area contributed by atoms with E-state index in [4.69, 9.17) is 16.3 Å². The standard InChI is InChI=1S/C20H19ClN2O3/c1-2-14-7-9-16(10-8-14)23-20(25)17(11-22)19(24)13-26-12-15-5-3-4-6-18(15)21/h3-10,17H,2,12-13H2,1H3,(H,23,25). The second kappa shape index (κ2) is 9.71. The van der Waals surface area contributed by atoms with E-state index in [1.54, 1.807) is 36.4 Å². The Kier molecular flexibility index (Phi) is 7.34. The van der Waals surface area contributed by atoms with Crippen LogP contribution in [0.5, 0.6) is 0 Å². The van der Waals surface area contributed by atoms with Crippen molar-refractivity contribution in [3.63, 3.8) is 0 Å². The zero-order valence-electron chi connectivity index (χ0n) is 14.4. The summed E-state index contributed by atoms with van der Waals surface area (Å²) >= 11 is 6.01. The van der Waals surface area contributed by atoms with E-state index in [1.807, 2.05) is 25.1 Å². The Labute approximate surface area is 157 Å². The second-order valence-electron chi connectivity index (χ2n) is 5.65. The van der Waals surface area contributed by atoms with Crippen LogP contribution in [0, 0.1) is 17.2 Å². The first-order valence-electron chi connectivity index (χ1n) is 8.18. The lowest BCUT2D eigenvalue weighted by Crippen LogP contribution is -2.31. The lowest BCUT2D eigenvalue weighted by atomic mass is 10.1. The normalized spacial score (nSPS) is 11.4. The fraction of sp³-hybridized carbons (Fsp3) is 0.250. The van der Waals surface area contributed by atoms with Crippen molar-refractivity contribution in [2.75, 3.05) is 11.9 Å². The third kappa shape index (κ3) is 5.41. The number of rotatable bonds is 8. The Hall–Kier alpha value is -2.68. The van der Waals surface area contributed by atoms with Gasteiger partial charge in [0.2, 0.25) is 5.91 Å². The smallest absolute Gasteiger partial charge is 0.249 e. The van der Waals surface area contributed by atoms with Gasteiger partial charge in [0.25, 0.3) is 0 Å². The van der Waals surface area contributed by atoms with Crippen LogP contribution in [-0.4, -0.2) is 18.3 Å². The van der Waals surface area contributed by atoms with E-state index in [0.29, 0.717) is 10.7 Å². The first-order chi connectivity index (χ1) is 12.5. The first kappa shape index (κ1) is 19.6. The molecule has 6 heteroatoms. The van der Waals surface area contributed by atoms with Gasteiger partial charge in [-0.25, -0.2) is 0 Å². The van der Waals surface area contributed by atoms with E-state index < -0.39 is 17.6 Å². The first-order valence-corrected chi connectivity index (χ1v) is 8.56. The maximum Gasteiger partial charge on any atom is 0.249 e. The molecule has 5 nitrogen and oxygen atoms in total. The molecule has 26 heavy (non-hydrogen) atoms. The minimum atomic E-state index is -1.42. The van der Waals surface area contributed by atoms with Crippen molar-refractivity contribution in [3.8, 4) is 6.07 Å². The highest BCUT2D eigenvalue weighted by Crippen LogP contribution is 2.16. The number of ether oxygens (including phenoxy) is 1. The summed E-state index contributed by atoms with van der Waals surface area (Å²) in [5.41, 5.74) is 2.40. The number of anilines is 1. The lowest BCUT2D eigenvalue weighted by molar-refractivity contribution is -0.132. The van der Waals surface area contributed by atoms with Crippen LogP contribution in [0.1, 0.15) is 18.1 Å². The summed E-state index contributed by atoms with van der Waals surface area (Å²) in [6, 6.07) is 16.1. The number of carbonyl (C=O) groups excluding carboxylic acids is 2. The zero-order chi connectivity index (χ0) is 18.9. The molecule has 1 amide bonds. The number of hydrogen-bond acceptors (Lipinski definition) is 4. The average molecular weight is 371 g/mol. The van der Waals surface area contributed by atoms with Gasteiger partial charge in [-0.2, -0.15) is 5.26 Å². The quantitative estimate of drug-likeness (QED) is 0.717. The maximum atomic E-state index is 12.2. The molecule has 2 aromatic carbocycles. The van der Waals surface area contributed by atoms with Crippen molar-refractivity contribution in [1.29, 1.82) is 5.26 Å². The van der Waals surface area contributed by atoms with Gasteiger partial charge in [-0.05, 0) is 35.7 Å². The summed E-state index contributed by atoms with van der Waals surface area (Å²) in [7, 11) is 0. The Morgan fingerprint density at radius 1 is 1.19 bits per heavy atom. The van der Waals surface area contributed by atoms with Crippen molar-refractivity contribution in [3.05, 3.63) is 64.7 Å². The summed E-state index contributed by atoms with van der Waals surface area (Å²) in [6.07, 6.45) is 0.885. The molecule has 0 heterocycles. The maximum absolute atomic E-state index is 12.2. The Morgan fingerprint density at radius 2 is 1.88 bits per heavy atom. The van der Waals surface area contributed by atoms with Crippen LogP contribution >= 0.6 is 11.6 Å². The van der Waals surface area contributed by atoms with Crippen molar-refractivity contribution < 1.29 is 14.3 Å². The van der Waals surface area contributed by atoms with Gasteiger partial charge in [-0.3, -0.25) is 9.59 Å². The number of nitriles is 1. The van der Waals surface area contributed by atoms with Gasteiger partial charge in [0, 0.05) is 10.7 Å². The average Bonchev–Trinajstić information content (AvgIpc) is 2.64. The number of ketones is 1. The largest absolute Gasteiger partial charge is 0.369 e. The molecule has 2 rings (SSSR count). The molecule has 1 N–H and O–H groups in total. The molecule has 0 saturated heterocycles. The molecular formula is C20H19ClN2O3. The van der Waals surface area contributed by atoms with Gasteiger partial charge < -0.3 is 10.1 Å². The van der Waals surface area contributed by atoms with Crippen molar-refractivity contribution in [1.82, 2.24) is 0 Å². The molecular weight excluding hydrogens is 352 g/mol. The van der Waals surface area contributed by atoms with E-state index in [0.717, 1.165) is 17.5 Å². The van der Waals surface area contributed by atoms with Gasteiger partial charge in [0.1, 0.15) is 6.61 Å². The number of hydrogen-bond donors (Lipinski definition) is 1. The molecule has 0 saturated carbocycles. The molecule has 0 bridgehead atoms. The molecule has 1 unspecified atom stereocenters. The summed E-state index contributed by atoms with van der Waals surface area (Å²) in [6.45, 7) is 1.82. The predicted octanol–water partition coefficient (Wildman–Crippen LogP) is 3.77. The summed E-state index contributed by atoms with van der Waals surface area (Å²) in [5, 5.41) is 12.3. The van der Waals surface area contributed by atoms with Crippen LogP contribution in [0.4, 0.5) is 5.69 Å². The van der Waals surface area contributed by atoms with Gasteiger partial charge >= 0.3 is 0 Å².